The topological polar surface area (TPSA) is 148 Å². The third-order valence-electron chi connectivity index (χ3n) is 4.46. The highest BCUT2D eigenvalue weighted by Gasteiger charge is 2.38. The van der Waals surface area contributed by atoms with E-state index in [1.165, 1.54) is 12.1 Å². The predicted molar refractivity (Wildman–Crippen MR) is 90.6 cm³/mol. The number of phenols is 4. The number of aromatic hydroxyl groups is 5. The van der Waals surface area contributed by atoms with Gasteiger partial charge < -0.3 is 29.9 Å². The maximum atomic E-state index is 12.9. The fraction of sp³-hybridized carbons (Fsp3) is 0.0526. The summed E-state index contributed by atoms with van der Waals surface area (Å²) in [6, 6.07) is 6.68. The molecule has 0 amide bonds. The van der Waals surface area contributed by atoms with Crippen LogP contribution in [-0.4, -0.2) is 31.3 Å². The number of rotatable bonds is 1. The molecule has 8 nitrogen and oxygen atoms in total. The van der Waals surface area contributed by atoms with Gasteiger partial charge in [-0.25, -0.2) is 4.79 Å². The molecule has 5 N–H and O–H groups in total. The van der Waals surface area contributed by atoms with E-state index in [2.05, 4.69) is 0 Å². The summed E-state index contributed by atoms with van der Waals surface area (Å²) >= 11 is 0. The van der Waals surface area contributed by atoms with Crippen molar-refractivity contribution in [3.05, 3.63) is 74.8 Å². The molecule has 0 bridgehead atoms. The van der Waals surface area contributed by atoms with Gasteiger partial charge in [0.1, 0.15) is 23.0 Å². The van der Waals surface area contributed by atoms with Crippen LogP contribution in [0.2, 0.25) is 0 Å². The second-order valence-corrected chi connectivity index (χ2v) is 6.13. The molecule has 1 aliphatic rings. The molecule has 27 heavy (non-hydrogen) atoms. The minimum absolute atomic E-state index is 0.0786. The summed E-state index contributed by atoms with van der Waals surface area (Å²) in [5, 5.41) is 49.8. The van der Waals surface area contributed by atoms with E-state index < -0.39 is 34.6 Å². The largest absolute Gasteiger partial charge is 0.508 e. The van der Waals surface area contributed by atoms with Crippen LogP contribution in [0.3, 0.4) is 0 Å². The molecule has 1 aromatic heterocycles. The number of fused-ring (bicyclic) bond motifs is 2. The van der Waals surface area contributed by atoms with Crippen LogP contribution in [0.1, 0.15) is 38.7 Å². The van der Waals surface area contributed by atoms with E-state index in [1.807, 2.05) is 0 Å². The van der Waals surface area contributed by atoms with E-state index in [1.54, 1.807) is 0 Å². The quantitative estimate of drug-likeness (QED) is 0.320. The third kappa shape index (κ3) is 2.38. The summed E-state index contributed by atoms with van der Waals surface area (Å²) in [6.45, 7) is 0. The first kappa shape index (κ1) is 16.5. The number of hydrogen-bond acceptors (Lipinski definition) is 8. The monoisotopic (exact) mass is 368 g/mol. The van der Waals surface area contributed by atoms with Gasteiger partial charge in [0.2, 0.25) is 5.78 Å². The van der Waals surface area contributed by atoms with Crippen LogP contribution in [0.5, 0.6) is 28.7 Å². The normalized spacial score (nSPS) is 15.3. The van der Waals surface area contributed by atoms with Gasteiger partial charge in [-0.2, -0.15) is 0 Å². The Morgan fingerprint density at radius 1 is 0.741 bits per heavy atom. The summed E-state index contributed by atoms with van der Waals surface area (Å²) in [4.78, 5) is 24.6. The first-order valence-electron chi connectivity index (χ1n) is 7.77. The van der Waals surface area contributed by atoms with Crippen molar-refractivity contribution >= 4 is 5.78 Å². The van der Waals surface area contributed by atoms with Gasteiger partial charge in [0, 0.05) is 12.1 Å². The van der Waals surface area contributed by atoms with Crippen LogP contribution in [0.4, 0.5) is 0 Å². The van der Waals surface area contributed by atoms with Crippen LogP contribution in [0.25, 0.3) is 0 Å². The van der Waals surface area contributed by atoms with E-state index in [9.17, 15) is 35.1 Å². The third-order valence-corrected chi connectivity index (χ3v) is 4.46. The number of phenolic OH excluding ortho intramolecular Hbond substituents is 4. The van der Waals surface area contributed by atoms with Crippen molar-refractivity contribution in [1.29, 1.82) is 0 Å². The van der Waals surface area contributed by atoms with Crippen molar-refractivity contribution in [1.82, 2.24) is 0 Å². The van der Waals surface area contributed by atoms with E-state index in [4.69, 9.17) is 4.42 Å². The summed E-state index contributed by atoms with van der Waals surface area (Å²) in [5.74, 6) is -4.36. The van der Waals surface area contributed by atoms with Gasteiger partial charge >= 0.3 is 5.63 Å². The van der Waals surface area contributed by atoms with Gasteiger partial charge in [0.15, 0.2) is 11.5 Å². The van der Waals surface area contributed by atoms with Crippen LogP contribution in [-0.2, 0) is 0 Å². The van der Waals surface area contributed by atoms with Crippen LogP contribution in [0, 0.1) is 0 Å². The zero-order chi connectivity index (χ0) is 19.5. The number of hydrogen-bond donors (Lipinski definition) is 5. The van der Waals surface area contributed by atoms with E-state index >= 15 is 0 Å². The molecule has 0 aliphatic heterocycles. The van der Waals surface area contributed by atoms with Crippen LogP contribution < -0.4 is 5.63 Å². The molecule has 8 heteroatoms. The van der Waals surface area contributed by atoms with Gasteiger partial charge in [0.25, 0.3) is 0 Å². The summed E-state index contributed by atoms with van der Waals surface area (Å²) in [6.07, 6.45) is 0. The Morgan fingerprint density at radius 3 is 2.15 bits per heavy atom. The van der Waals surface area contributed by atoms with Gasteiger partial charge in [-0.15, -0.1) is 0 Å². The fourth-order valence-corrected chi connectivity index (χ4v) is 3.41. The van der Waals surface area contributed by atoms with E-state index in [-0.39, 0.29) is 39.5 Å². The average Bonchev–Trinajstić information content (AvgIpc) is 2.56. The highest BCUT2D eigenvalue weighted by molar-refractivity contribution is 6.16. The molecule has 1 unspecified atom stereocenters. The first-order chi connectivity index (χ1) is 12.8. The zero-order valence-electron chi connectivity index (χ0n) is 13.5. The van der Waals surface area contributed by atoms with Crippen molar-refractivity contribution in [3.8, 4) is 28.7 Å². The van der Waals surface area contributed by atoms with Gasteiger partial charge in [-0.1, -0.05) is 6.07 Å². The Morgan fingerprint density at radius 2 is 1.44 bits per heavy atom. The highest BCUT2D eigenvalue weighted by atomic mass is 16.4. The minimum atomic E-state index is -1.02. The molecule has 1 aliphatic carbocycles. The van der Waals surface area contributed by atoms with Crippen molar-refractivity contribution in [3.63, 3.8) is 0 Å². The number of benzene rings is 2. The Kier molecular flexibility index (Phi) is 3.38. The molecule has 0 saturated heterocycles. The molecule has 2 aromatic carbocycles. The SMILES string of the molecule is O=C1c2c(O)cc(O)cc2C(c2cc(O)cc(=O)o2)c2ccc(O)c(O)c21. The lowest BCUT2D eigenvalue weighted by Crippen LogP contribution is -2.21. The lowest BCUT2D eigenvalue weighted by Gasteiger charge is -2.28. The van der Waals surface area contributed by atoms with Gasteiger partial charge in [-0.3, -0.25) is 4.79 Å². The lowest BCUT2D eigenvalue weighted by atomic mass is 9.75. The Hall–Kier alpha value is -3.94. The zero-order valence-corrected chi connectivity index (χ0v) is 13.5. The second-order valence-electron chi connectivity index (χ2n) is 6.13. The number of carbonyl (C=O) groups excluding carboxylic acids is 1. The smallest absolute Gasteiger partial charge is 0.339 e. The standard InChI is InChI=1S/C19H12O8/c20-7-3-10-15(13-5-8(21)6-14(24)27-13)9-1-2-11(22)18(25)17(9)19(26)16(10)12(23)4-7/h1-6,15,20-23,25H. The first-order valence-corrected chi connectivity index (χ1v) is 7.77. The predicted octanol–water partition coefficient (Wildman–Crippen LogP) is 1.89. The van der Waals surface area contributed by atoms with Gasteiger partial charge in [0.05, 0.1) is 23.1 Å². The Balaban J connectivity index is 2.14. The van der Waals surface area contributed by atoms with Crippen molar-refractivity contribution in [2.75, 3.05) is 0 Å². The van der Waals surface area contributed by atoms with E-state index in [0.29, 0.717) is 0 Å². The summed E-state index contributed by atoms with van der Waals surface area (Å²) < 4.78 is 5.16. The Bertz CT molecular complexity index is 1180. The average molecular weight is 368 g/mol. The molecule has 1 heterocycles. The van der Waals surface area contributed by atoms with Crippen LogP contribution in [0.15, 0.2) is 45.6 Å². The number of ketones is 1. The Labute approximate surface area is 150 Å². The fourth-order valence-electron chi connectivity index (χ4n) is 3.41. The number of carbonyl (C=O) groups is 1. The molecule has 0 fully saturated rings. The van der Waals surface area contributed by atoms with Crippen LogP contribution >= 0.6 is 0 Å². The van der Waals surface area contributed by atoms with Crippen molar-refractivity contribution < 1.29 is 34.7 Å². The molecule has 136 valence electrons. The van der Waals surface area contributed by atoms with Crippen molar-refractivity contribution in [2.24, 2.45) is 0 Å². The molecular weight excluding hydrogens is 356 g/mol. The summed E-state index contributed by atoms with van der Waals surface area (Å²) in [5.41, 5.74) is -1.07. The van der Waals surface area contributed by atoms with Gasteiger partial charge in [-0.05, 0) is 23.3 Å². The molecule has 0 saturated carbocycles. The maximum absolute atomic E-state index is 12.9. The highest BCUT2D eigenvalue weighted by Crippen LogP contribution is 2.49. The molecule has 4 rings (SSSR count). The second kappa shape index (κ2) is 5.53. The van der Waals surface area contributed by atoms with Crippen molar-refractivity contribution in [2.45, 2.75) is 5.92 Å². The molecule has 1 atom stereocenters. The maximum Gasteiger partial charge on any atom is 0.339 e. The molecule has 3 aromatic rings. The van der Waals surface area contributed by atoms with E-state index in [0.717, 1.165) is 24.3 Å². The molecule has 0 spiro atoms. The lowest BCUT2D eigenvalue weighted by molar-refractivity contribution is 0.102. The summed E-state index contributed by atoms with van der Waals surface area (Å²) in [7, 11) is 0. The molecule has 0 radical (unpaired) electrons. The minimum Gasteiger partial charge on any atom is -0.508 e. The molecular formula is C19H12O8.